The molecule has 1 aromatic carbocycles. The Morgan fingerprint density at radius 1 is 1.50 bits per heavy atom. The molecule has 0 saturated carbocycles. The molecule has 1 aromatic rings. The van der Waals surface area contributed by atoms with Crippen LogP contribution in [0.25, 0.3) is 0 Å². The molecule has 0 aliphatic rings. The van der Waals surface area contributed by atoms with Gasteiger partial charge in [-0.2, -0.15) is 14.0 Å². The summed E-state index contributed by atoms with van der Waals surface area (Å²) in [6.45, 7) is -3.45. The van der Waals surface area contributed by atoms with Crippen LogP contribution in [-0.2, 0) is 4.79 Å². The Morgan fingerprint density at radius 3 is 2.50 bits per heavy atom. The number of nitro groups is 1. The maximum absolute atomic E-state index is 12.3. The highest BCUT2D eigenvalue weighted by Gasteiger charge is 2.33. The molecule has 0 aliphatic heterocycles. The molecule has 106 valence electrons. The van der Waals surface area contributed by atoms with Crippen LogP contribution in [-0.4, -0.2) is 27.7 Å². The van der Waals surface area contributed by atoms with E-state index in [1.54, 1.807) is 0 Å². The SMILES string of the molecule is N#Cc1ccc([N+](=O)[O-])c(C(O)C(=O)O)c1OC(F)F. The maximum Gasteiger partial charge on any atom is 0.387 e. The number of aliphatic hydroxyl groups is 1. The molecule has 1 atom stereocenters. The van der Waals surface area contributed by atoms with Gasteiger partial charge < -0.3 is 14.9 Å². The highest BCUT2D eigenvalue weighted by molar-refractivity contribution is 5.78. The lowest BCUT2D eigenvalue weighted by atomic mass is 10.0. The van der Waals surface area contributed by atoms with Gasteiger partial charge in [-0.25, -0.2) is 4.79 Å². The van der Waals surface area contributed by atoms with Gasteiger partial charge in [0.15, 0.2) is 11.9 Å². The first-order valence-corrected chi connectivity index (χ1v) is 4.86. The highest BCUT2D eigenvalue weighted by atomic mass is 19.3. The predicted octanol–water partition coefficient (Wildman–Crippen LogP) is 1.19. The largest absolute Gasteiger partial charge is 0.479 e. The van der Waals surface area contributed by atoms with Crippen molar-refractivity contribution in [1.29, 1.82) is 5.26 Å². The van der Waals surface area contributed by atoms with Crippen LogP contribution in [0.5, 0.6) is 5.75 Å². The number of rotatable bonds is 5. The van der Waals surface area contributed by atoms with Crippen LogP contribution in [0.15, 0.2) is 12.1 Å². The summed E-state index contributed by atoms with van der Waals surface area (Å²) >= 11 is 0. The van der Waals surface area contributed by atoms with Gasteiger partial charge in [0.2, 0.25) is 0 Å². The lowest BCUT2D eigenvalue weighted by molar-refractivity contribution is -0.386. The fourth-order valence-corrected chi connectivity index (χ4v) is 1.44. The summed E-state index contributed by atoms with van der Waals surface area (Å²) < 4.78 is 28.5. The molecule has 1 unspecified atom stereocenters. The Labute approximate surface area is 109 Å². The van der Waals surface area contributed by atoms with Crippen LogP contribution in [0.3, 0.4) is 0 Å². The Balaban J connectivity index is 3.65. The fraction of sp³-hybridized carbons (Fsp3) is 0.200. The van der Waals surface area contributed by atoms with Crippen molar-refractivity contribution in [3.63, 3.8) is 0 Å². The Bertz CT molecular complexity index is 598. The van der Waals surface area contributed by atoms with Crippen molar-refractivity contribution in [3.8, 4) is 11.8 Å². The molecule has 0 aliphatic carbocycles. The molecule has 2 N–H and O–H groups in total. The summed E-state index contributed by atoms with van der Waals surface area (Å²) in [5.41, 5.74) is -2.53. The van der Waals surface area contributed by atoms with Crippen LogP contribution in [0.4, 0.5) is 14.5 Å². The molecule has 0 saturated heterocycles. The molecule has 0 fully saturated rings. The van der Waals surface area contributed by atoms with Crippen LogP contribution >= 0.6 is 0 Å². The van der Waals surface area contributed by atoms with E-state index in [0.29, 0.717) is 0 Å². The normalized spacial score (nSPS) is 11.8. The molecule has 0 aromatic heterocycles. The van der Waals surface area contributed by atoms with E-state index in [-0.39, 0.29) is 0 Å². The number of halogens is 2. The number of alkyl halides is 2. The first-order chi connectivity index (χ1) is 9.29. The van der Waals surface area contributed by atoms with Crippen LogP contribution in [0.1, 0.15) is 17.2 Å². The summed E-state index contributed by atoms with van der Waals surface area (Å²) in [5, 5.41) is 37.6. The minimum absolute atomic E-state index is 0.564. The van der Waals surface area contributed by atoms with Crippen molar-refractivity contribution < 1.29 is 33.4 Å². The van der Waals surface area contributed by atoms with Gasteiger partial charge in [-0.1, -0.05) is 0 Å². The summed E-state index contributed by atoms with van der Waals surface area (Å²) in [4.78, 5) is 20.4. The van der Waals surface area contributed by atoms with E-state index in [1.807, 2.05) is 0 Å². The van der Waals surface area contributed by atoms with E-state index in [1.165, 1.54) is 6.07 Å². The molecule has 0 spiro atoms. The Kier molecular flexibility index (Phi) is 4.50. The first-order valence-electron chi connectivity index (χ1n) is 4.86. The van der Waals surface area contributed by atoms with Crippen molar-refractivity contribution >= 4 is 11.7 Å². The van der Waals surface area contributed by atoms with Crippen molar-refractivity contribution in [2.24, 2.45) is 0 Å². The van der Waals surface area contributed by atoms with E-state index >= 15 is 0 Å². The molecule has 1 rings (SSSR count). The number of aliphatic hydroxyl groups excluding tert-OH is 1. The molecule has 0 radical (unpaired) electrons. The van der Waals surface area contributed by atoms with Gasteiger partial charge in [-0.05, 0) is 6.07 Å². The summed E-state index contributed by atoms with van der Waals surface area (Å²) in [6.07, 6.45) is -2.49. The van der Waals surface area contributed by atoms with E-state index in [9.17, 15) is 28.8 Å². The summed E-state index contributed by atoms with van der Waals surface area (Å²) in [6, 6.07) is 2.95. The average Bonchev–Trinajstić information content (AvgIpc) is 2.36. The van der Waals surface area contributed by atoms with Crippen molar-refractivity contribution in [2.45, 2.75) is 12.7 Å². The minimum atomic E-state index is -3.45. The molecule has 0 amide bonds. The van der Waals surface area contributed by atoms with Gasteiger partial charge in [-0.15, -0.1) is 0 Å². The molecule has 8 nitrogen and oxygen atoms in total. The third-order valence-electron chi connectivity index (χ3n) is 2.20. The van der Waals surface area contributed by atoms with Crippen molar-refractivity contribution in [2.75, 3.05) is 0 Å². The van der Waals surface area contributed by atoms with Crippen molar-refractivity contribution in [1.82, 2.24) is 0 Å². The number of aliphatic carboxylic acids is 1. The van der Waals surface area contributed by atoms with Gasteiger partial charge in [0.1, 0.15) is 11.6 Å². The zero-order chi connectivity index (χ0) is 15.4. The first kappa shape index (κ1) is 15.3. The zero-order valence-electron chi connectivity index (χ0n) is 9.49. The second-order valence-electron chi connectivity index (χ2n) is 3.36. The maximum atomic E-state index is 12.3. The third-order valence-corrected chi connectivity index (χ3v) is 2.20. The van der Waals surface area contributed by atoms with Gasteiger partial charge in [0.05, 0.1) is 10.5 Å². The second-order valence-corrected chi connectivity index (χ2v) is 3.36. The van der Waals surface area contributed by atoms with E-state index in [4.69, 9.17) is 10.4 Å². The number of ether oxygens (including phenoxy) is 1. The van der Waals surface area contributed by atoms with E-state index < -0.39 is 46.2 Å². The van der Waals surface area contributed by atoms with Gasteiger partial charge in [0.25, 0.3) is 5.69 Å². The molecular formula is C10H6F2N2O6. The number of benzene rings is 1. The second kappa shape index (κ2) is 5.89. The third kappa shape index (κ3) is 2.96. The minimum Gasteiger partial charge on any atom is -0.479 e. The highest BCUT2D eigenvalue weighted by Crippen LogP contribution is 2.37. The predicted molar refractivity (Wildman–Crippen MR) is 57.0 cm³/mol. The monoisotopic (exact) mass is 288 g/mol. The standard InChI is InChI=1S/C10H6F2N2O6/c11-10(12)20-8-4(3-13)1-2-5(14(18)19)6(8)7(15)9(16)17/h1-2,7,10,15H,(H,16,17). The fourth-order valence-electron chi connectivity index (χ4n) is 1.44. The average molecular weight is 288 g/mol. The summed E-state index contributed by atoms with van der Waals surface area (Å²) in [5.74, 6) is -2.95. The van der Waals surface area contributed by atoms with Gasteiger partial charge in [0, 0.05) is 6.07 Å². The van der Waals surface area contributed by atoms with E-state index in [0.717, 1.165) is 12.1 Å². The molecule has 0 bridgehead atoms. The lowest BCUT2D eigenvalue weighted by Crippen LogP contribution is -2.16. The number of carboxylic acids is 1. The quantitative estimate of drug-likeness (QED) is 0.613. The molecule has 0 heterocycles. The van der Waals surface area contributed by atoms with Crippen LogP contribution in [0, 0.1) is 21.4 Å². The molecular weight excluding hydrogens is 282 g/mol. The lowest BCUT2D eigenvalue weighted by Gasteiger charge is -2.14. The number of nitrogens with zero attached hydrogens (tertiary/aromatic N) is 2. The zero-order valence-corrected chi connectivity index (χ0v) is 9.49. The number of carboxylic acid groups (broad SMARTS) is 1. The topological polar surface area (TPSA) is 134 Å². The van der Waals surface area contributed by atoms with Gasteiger partial charge in [-0.3, -0.25) is 10.1 Å². The van der Waals surface area contributed by atoms with Crippen molar-refractivity contribution in [3.05, 3.63) is 33.4 Å². The summed E-state index contributed by atoms with van der Waals surface area (Å²) in [7, 11) is 0. The number of hydrogen-bond donors (Lipinski definition) is 2. The van der Waals surface area contributed by atoms with E-state index in [2.05, 4.69) is 4.74 Å². The molecule has 10 heteroatoms. The number of nitro benzene ring substituents is 1. The number of nitriles is 1. The molecule has 20 heavy (non-hydrogen) atoms. The van der Waals surface area contributed by atoms with Gasteiger partial charge >= 0.3 is 12.6 Å². The smallest absolute Gasteiger partial charge is 0.387 e. The Morgan fingerprint density at radius 2 is 2.10 bits per heavy atom. The number of carbonyl (C=O) groups is 1. The number of hydrogen-bond acceptors (Lipinski definition) is 6. The Hall–Kier alpha value is -2.80. The van der Waals surface area contributed by atoms with Crippen LogP contribution in [0.2, 0.25) is 0 Å². The van der Waals surface area contributed by atoms with Crippen LogP contribution < -0.4 is 4.74 Å².